The van der Waals surface area contributed by atoms with E-state index < -0.39 is 69.0 Å². The average molecular weight is 515 g/mol. The predicted octanol–water partition coefficient (Wildman–Crippen LogP) is -2.54. The Morgan fingerprint density at radius 3 is 1.69 bits per heavy atom. The van der Waals surface area contributed by atoms with Crippen LogP contribution >= 0.6 is 31.6 Å². The largest absolute Gasteiger partial charge is 0.567 e. The lowest BCUT2D eigenvalue weighted by atomic mass is 9.99. The molecule has 174 valence electrons. The van der Waals surface area contributed by atoms with Crippen LogP contribution in [0.1, 0.15) is 0 Å². The molecule has 0 saturated carbocycles. The summed E-state index contributed by atoms with van der Waals surface area (Å²) in [6.45, 7) is -1.17. The van der Waals surface area contributed by atoms with Crippen molar-refractivity contribution in [2.75, 3.05) is 13.7 Å². The molecule has 1 aliphatic rings. The van der Waals surface area contributed by atoms with Gasteiger partial charge < -0.3 is 38.8 Å². The first-order chi connectivity index (χ1) is 12.8. The van der Waals surface area contributed by atoms with Gasteiger partial charge in [-0.1, -0.05) is 0 Å². The zero-order valence-corrected chi connectivity index (χ0v) is 17.7. The van der Waals surface area contributed by atoms with E-state index in [2.05, 4.69) is 18.1 Å². The molecule has 1 heterocycles. The molecule has 0 bridgehead atoms. The molecule has 9 N–H and O–H groups in total. The Bertz CT molecular complexity index is 672. The molecule has 22 heteroatoms. The molecule has 1 aliphatic heterocycles. The van der Waals surface area contributed by atoms with Gasteiger partial charge in [-0.15, -0.1) is 4.52 Å². The summed E-state index contributed by atoms with van der Waals surface area (Å²) in [6, 6.07) is 0. The molecule has 0 aromatic carbocycles. The summed E-state index contributed by atoms with van der Waals surface area (Å²) < 4.78 is 60.5. The minimum atomic E-state index is -5.51. The molecule has 1 rings (SSSR count). The van der Waals surface area contributed by atoms with Crippen LogP contribution < -0.4 is 0 Å². The summed E-state index contributed by atoms with van der Waals surface area (Å²) in [5, 5.41) is 0. The van der Waals surface area contributed by atoms with E-state index in [-0.39, 0.29) is 0 Å². The standard InChI is InChI=1S/C7H18O18P4/c1-20-7-6(25-29(17,18)19)5(24-28(14,15)16)4(23-27(11,12)13)3(22-7)2-21-26(8,9)10/h3-7,17-19H,2H2,1H3,(H5-,8,9,10,11,12,13,14,15,16)/p+1/t3?,4-,5?,6-,7+/m1/s1. The number of hydrogen-bond donors (Lipinski definition) is 9. The second-order valence-electron chi connectivity index (χ2n) is 5.27. The third-order valence-corrected chi connectivity index (χ3v) is 5.06. The molecule has 1 fully saturated rings. The van der Waals surface area contributed by atoms with Crippen molar-refractivity contribution in [1.82, 2.24) is 0 Å². The molecule has 1 saturated heterocycles. The highest BCUT2D eigenvalue weighted by Crippen LogP contribution is 2.53. The number of phosphoric acid groups is 3. The van der Waals surface area contributed by atoms with Crippen LogP contribution in [0.15, 0.2) is 0 Å². The third-order valence-electron chi connectivity index (χ3n) is 3.01. The molecule has 0 aliphatic carbocycles. The Kier molecular flexibility index (Phi) is 9.48. The van der Waals surface area contributed by atoms with Crippen LogP contribution in [0.25, 0.3) is 0 Å². The van der Waals surface area contributed by atoms with Crippen molar-refractivity contribution in [3.8, 4) is 0 Å². The maximum Gasteiger partial charge on any atom is 0.567 e. The van der Waals surface area contributed by atoms with E-state index in [0.717, 1.165) is 7.11 Å². The van der Waals surface area contributed by atoms with Gasteiger partial charge >= 0.3 is 31.6 Å². The van der Waals surface area contributed by atoms with Gasteiger partial charge in [0.1, 0.15) is 18.3 Å². The van der Waals surface area contributed by atoms with E-state index in [1.54, 1.807) is 0 Å². The summed E-state index contributed by atoms with van der Waals surface area (Å²) in [5.74, 6) is 0. The van der Waals surface area contributed by atoms with Crippen LogP contribution in [-0.2, 0) is 41.3 Å². The lowest BCUT2D eigenvalue weighted by Gasteiger charge is -2.43. The van der Waals surface area contributed by atoms with Gasteiger partial charge in [0.2, 0.25) is 0 Å². The maximum absolute atomic E-state index is 11.3. The van der Waals surface area contributed by atoms with Crippen molar-refractivity contribution in [3.05, 3.63) is 0 Å². The zero-order chi connectivity index (χ0) is 22.8. The fourth-order valence-corrected chi connectivity index (χ4v) is 4.23. The van der Waals surface area contributed by atoms with E-state index in [4.69, 9.17) is 53.5 Å². The second-order valence-corrected chi connectivity index (χ2v) is 10.1. The molecular weight excluding hydrogens is 496 g/mol. The number of rotatable bonds is 10. The summed E-state index contributed by atoms with van der Waals surface area (Å²) in [5.41, 5.74) is 0. The highest BCUT2D eigenvalue weighted by atomic mass is 31.2. The molecule has 0 amide bonds. The van der Waals surface area contributed by atoms with Gasteiger partial charge in [-0.05, 0) is 0 Å². The van der Waals surface area contributed by atoms with Crippen molar-refractivity contribution in [3.63, 3.8) is 0 Å². The monoisotopic (exact) mass is 515 g/mol. The van der Waals surface area contributed by atoms with Crippen LogP contribution in [0.4, 0.5) is 0 Å². The van der Waals surface area contributed by atoms with Crippen LogP contribution in [-0.4, -0.2) is 88.5 Å². The van der Waals surface area contributed by atoms with Crippen LogP contribution in [0.5, 0.6) is 0 Å². The summed E-state index contributed by atoms with van der Waals surface area (Å²) in [4.78, 5) is 81.1. The number of methoxy groups -OCH3 is 1. The highest BCUT2D eigenvalue weighted by molar-refractivity contribution is 7.53. The smallest absolute Gasteiger partial charge is 0.353 e. The van der Waals surface area contributed by atoms with Gasteiger partial charge in [0, 0.05) is 7.11 Å². The first-order valence-electron chi connectivity index (χ1n) is 6.93. The second kappa shape index (κ2) is 9.98. The molecule has 5 atom stereocenters. The van der Waals surface area contributed by atoms with Gasteiger partial charge in [-0.2, -0.15) is 14.7 Å². The van der Waals surface area contributed by atoms with Crippen molar-refractivity contribution >= 4 is 31.6 Å². The van der Waals surface area contributed by atoms with Crippen LogP contribution in [0.3, 0.4) is 0 Å². The molecule has 0 spiro atoms. The van der Waals surface area contributed by atoms with E-state index in [1.165, 1.54) is 0 Å². The fourth-order valence-electron chi connectivity index (χ4n) is 2.21. The topological polar surface area (TPSA) is 289 Å². The van der Waals surface area contributed by atoms with Gasteiger partial charge in [0.05, 0.1) is 6.61 Å². The summed E-state index contributed by atoms with van der Waals surface area (Å²) in [6.07, 6.45) is -10.6. The molecular formula is C7H19O18P4+. The molecule has 0 aromatic rings. The Balaban J connectivity index is 3.40. The summed E-state index contributed by atoms with van der Waals surface area (Å²) >= 11 is 0. The highest BCUT2D eigenvalue weighted by Gasteiger charge is 2.57. The van der Waals surface area contributed by atoms with Crippen LogP contribution in [0.2, 0.25) is 0 Å². The van der Waals surface area contributed by atoms with Crippen molar-refractivity contribution in [1.29, 1.82) is 0 Å². The number of ether oxygens (including phenoxy) is 2. The van der Waals surface area contributed by atoms with Gasteiger partial charge in [0.15, 0.2) is 12.4 Å². The molecule has 18 nitrogen and oxygen atoms in total. The average Bonchev–Trinajstić information content (AvgIpc) is 2.44. The van der Waals surface area contributed by atoms with Crippen molar-refractivity contribution < 1.29 is 85.3 Å². The Morgan fingerprint density at radius 2 is 1.31 bits per heavy atom. The third kappa shape index (κ3) is 10.6. The Morgan fingerprint density at radius 1 is 0.828 bits per heavy atom. The predicted molar refractivity (Wildman–Crippen MR) is 85.9 cm³/mol. The quantitative estimate of drug-likeness (QED) is 0.135. The van der Waals surface area contributed by atoms with E-state index in [9.17, 15) is 13.7 Å². The van der Waals surface area contributed by atoms with Gasteiger partial charge in [-0.3, -0.25) is 13.6 Å². The fraction of sp³-hybridized carbons (Fsp3) is 1.00. The van der Waals surface area contributed by atoms with E-state index >= 15 is 0 Å². The molecule has 0 radical (unpaired) electrons. The first kappa shape index (κ1) is 27.6. The lowest BCUT2D eigenvalue weighted by Crippen LogP contribution is -2.61. The molecule has 0 aromatic heterocycles. The van der Waals surface area contributed by atoms with Crippen molar-refractivity contribution in [2.24, 2.45) is 0 Å². The van der Waals surface area contributed by atoms with Crippen molar-refractivity contribution in [2.45, 2.75) is 30.7 Å². The van der Waals surface area contributed by atoms with E-state index in [0.29, 0.717) is 0 Å². The van der Waals surface area contributed by atoms with E-state index in [1.807, 2.05) is 0 Å². The number of phosphoric ester groups is 3. The SMILES string of the molecule is CO[C@H]1OC(COP(=O)(O)O)[C@@H](OP(=O)(O)O)C(OP(=O)(O)O)[C@H]1O[P+](O)(O)O. The lowest BCUT2D eigenvalue weighted by molar-refractivity contribution is -0.285. The van der Waals surface area contributed by atoms with Gasteiger partial charge in [0.25, 0.3) is 0 Å². The Hall–Kier alpha value is 0.520. The summed E-state index contributed by atoms with van der Waals surface area (Å²) in [7, 11) is -20.4. The Labute approximate surface area is 162 Å². The normalized spacial score (nSPS) is 29.8. The number of hydrogen-bond acceptors (Lipinski definition) is 12. The first-order valence-corrected chi connectivity index (χ1v) is 13.1. The minimum Gasteiger partial charge on any atom is -0.353 e. The van der Waals surface area contributed by atoms with Crippen LogP contribution in [0, 0.1) is 0 Å². The molecule has 29 heavy (non-hydrogen) atoms. The van der Waals surface area contributed by atoms with Gasteiger partial charge in [-0.25, -0.2) is 13.7 Å². The zero-order valence-electron chi connectivity index (χ0n) is 14.1. The minimum absolute atomic E-state index is 0.896. The maximum atomic E-state index is 11.3. The molecule has 2 unspecified atom stereocenters.